The first-order valence-electron chi connectivity index (χ1n) is 7.43. The summed E-state index contributed by atoms with van der Waals surface area (Å²) in [6, 6.07) is 9.94. The number of nitrogens with two attached hydrogens (primary N) is 1. The standard InChI is InChI=1S/C15H23N5/c16-18-15(17-14-4-2-1-3-5-14)20-10-8-19(9-11-20)12-13-6-7-13/h1-5,13H,6-12,16H2,(H,17,18). The van der Waals surface area contributed by atoms with Gasteiger partial charge in [-0.15, -0.1) is 0 Å². The van der Waals surface area contributed by atoms with Crippen LogP contribution >= 0.6 is 0 Å². The van der Waals surface area contributed by atoms with Crippen LogP contribution in [0.1, 0.15) is 12.8 Å². The van der Waals surface area contributed by atoms with E-state index in [-0.39, 0.29) is 0 Å². The second-order valence-electron chi connectivity index (χ2n) is 5.65. The largest absolute Gasteiger partial charge is 0.339 e. The molecule has 1 aromatic rings. The Balaban J connectivity index is 1.58. The number of guanidine groups is 1. The first-order valence-corrected chi connectivity index (χ1v) is 7.43. The molecule has 20 heavy (non-hydrogen) atoms. The van der Waals surface area contributed by atoms with Crippen molar-refractivity contribution in [3.63, 3.8) is 0 Å². The summed E-state index contributed by atoms with van der Waals surface area (Å²) in [6.45, 7) is 5.46. The molecule has 1 heterocycles. The Morgan fingerprint density at radius 3 is 2.45 bits per heavy atom. The lowest BCUT2D eigenvalue weighted by molar-refractivity contribution is 0.173. The number of piperazine rings is 1. The van der Waals surface area contributed by atoms with Gasteiger partial charge in [-0.1, -0.05) is 18.2 Å². The monoisotopic (exact) mass is 273 g/mol. The zero-order chi connectivity index (χ0) is 13.8. The van der Waals surface area contributed by atoms with E-state index >= 15 is 0 Å². The van der Waals surface area contributed by atoms with E-state index < -0.39 is 0 Å². The van der Waals surface area contributed by atoms with E-state index in [0.717, 1.165) is 43.7 Å². The molecular formula is C15H23N5. The van der Waals surface area contributed by atoms with Crippen molar-refractivity contribution >= 4 is 11.6 Å². The van der Waals surface area contributed by atoms with Crippen LogP contribution in [0, 0.1) is 5.92 Å². The molecule has 1 aliphatic carbocycles. The van der Waals surface area contributed by atoms with E-state index in [9.17, 15) is 0 Å². The first kappa shape index (κ1) is 13.4. The molecule has 0 bridgehead atoms. The molecule has 3 rings (SSSR count). The van der Waals surface area contributed by atoms with Gasteiger partial charge in [-0.2, -0.15) is 0 Å². The molecule has 0 unspecified atom stereocenters. The zero-order valence-electron chi connectivity index (χ0n) is 11.8. The van der Waals surface area contributed by atoms with Gasteiger partial charge in [0.05, 0.1) is 5.69 Å². The van der Waals surface area contributed by atoms with Gasteiger partial charge in [-0.25, -0.2) is 10.8 Å². The van der Waals surface area contributed by atoms with Crippen molar-refractivity contribution in [2.75, 3.05) is 32.7 Å². The lowest BCUT2D eigenvalue weighted by Crippen LogP contribution is -2.54. The molecule has 108 valence electrons. The normalized spacial score (nSPS) is 21.1. The highest BCUT2D eigenvalue weighted by Gasteiger charge is 2.27. The highest BCUT2D eigenvalue weighted by atomic mass is 15.4. The van der Waals surface area contributed by atoms with Gasteiger partial charge < -0.3 is 4.90 Å². The third-order valence-electron chi connectivity index (χ3n) is 4.01. The topological polar surface area (TPSA) is 56.9 Å². The number of benzene rings is 1. The van der Waals surface area contributed by atoms with Gasteiger partial charge in [0.2, 0.25) is 5.96 Å². The van der Waals surface area contributed by atoms with E-state index in [0.29, 0.717) is 0 Å². The molecular weight excluding hydrogens is 250 g/mol. The summed E-state index contributed by atoms with van der Waals surface area (Å²) in [5.41, 5.74) is 3.68. The molecule has 0 atom stereocenters. The molecule has 0 spiro atoms. The van der Waals surface area contributed by atoms with Crippen LogP contribution in [-0.4, -0.2) is 48.5 Å². The molecule has 0 radical (unpaired) electrons. The molecule has 3 N–H and O–H groups in total. The third-order valence-corrected chi connectivity index (χ3v) is 4.01. The second kappa shape index (κ2) is 6.24. The quantitative estimate of drug-likeness (QED) is 0.376. The lowest BCUT2D eigenvalue weighted by atomic mass is 10.3. The zero-order valence-corrected chi connectivity index (χ0v) is 11.8. The van der Waals surface area contributed by atoms with E-state index in [2.05, 4.69) is 20.2 Å². The van der Waals surface area contributed by atoms with Gasteiger partial charge in [0.15, 0.2) is 0 Å². The van der Waals surface area contributed by atoms with Crippen LogP contribution in [-0.2, 0) is 0 Å². The molecule has 5 nitrogen and oxygen atoms in total. The van der Waals surface area contributed by atoms with Crippen LogP contribution in [0.25, 0.3) is 0 Å². The van der Waals surface area contributed by atoms with Crippen LogP contribution in [0.3, 0.4) is 0 Å². The number of nitrogens with one attached hydrogen (secondary N) is 1. The highest BCUT2D eigenvalue weighted by Crippen LogP contribution is 2.29. The maximum absolute atomic E-state index is 5.64. The summed E-state index contributed by atoms with van der Waals surface area (Å²) < 4.78 is 0. The second-order valence-corrected chi connectivity index (χ2v) is 5.65. The average molecular weight is 273 g/mol. The molecule has 0 amide bonds. The Bertz CT molecular complexity index is 447. The van der Waals surface area contributed by atoms with Gasteiger partial charge in [-0.05, 0) is 30.9 Å². The number of para-hydroxylation sites is 1. The van der Waals surface area contributed by atoms with Gasteiger partial charge >= 0.3 is 0 Å². The Hall–Kier alpha value is -1.59. The summed E-state index contributed by atoms with van der Waals surface area (Å²) in [7, 11) is 0. The third kappa shape index (κ3) is 3.49. The Labute approximate surface area is 120 Å². The van der Waals surface area contributed by atoms with Crippen LogP contribution in [0.2, 0.25) is 0 Å². The maximum atomic E-state index is 5.64. The molecule has 1 saturated heterocycles. The minimum atomic E-state index is 0.766. The molecule has 1 saturated carbocycles. The number of hydrogen-bond acceptors (Lipinski definition) is 3. The maximum Gasteiger partial charge on any atom is 0.213 e. The molecule has 2 fully saturated rings. The fourth-order valence-electron chi connectivity index (χ4n) is 2.63. The Kier molecular flexibility index (Phi) is 4.18. The number of nitrogens with zero attached hydrogens (tertiary/aromatic N) is 3. The van der Waals surface area contributed by atoms with Crippen molar-refractivity contribution in [1.29, 1.82) is 0 Å². The summed E-state index contributed by atoms with van der Waals surface area (Å²) >= 11 is 0. The fraction of sp³-hybridized carbons (Fsp3) is 0.533. The number of hydrazine groups is 1. The van der Waals surface area contributed by atoms with Crippen molar-refractivity contribution in [3.8, 4) is 0 Å². The van der Waals surface area contributed by atoms with Gasteiger partial charge in [0, 0.05) is 32.7 Å². The van der Waals surface area contributed by atoms with Crippen molar-refractivity contribution in [2.45, 2.75) is 12.8 Å². The average Bonchev–Trinajstić information content (AvgIpc) is 3.31. The predicted molar refractivity (Wildman–Crippen MR) is 81.6 cm³/mol. The minimum Gasteiger partial charge on any atom is -0.339 e. The molecule has 2 aliphatic rings. The fourth-order valence-corrected chi connectivity index (χ4v) is 2.63. The highest BCUT2D eigenvalue weighted by molar-refractivity contribution is 5.82. The van der Waals surface area contributed by atoms with Gasteiger partial charge in [0.1, 0.15) is 0 Å². The molecule has 5 heteroatoms. The van der Waals surface area contributed by atoms with Crippen molar-refractivity contribution in [1.82, 2.24) is 15.2 Å². The molecule has 1 aliphatic heterocycles. The molecule has 0 aromatic heterocycles. The van der Waals surface area contributed by atoms with Crippen LogP contribution in [0.15, 0.2) is 35.3 Å². The molecule has 1 aromatic carbocycles. The van der Waals surface area contributed by atoms with Crippen molar-refractivity contribution in [2.24, 2.45) is 16.8 Å². The predicted octanol–water partition coefficient (Wildman–Crippen LogP) is 1.16. The number of hydrogen-bond donors (Lipinski definition) is 2. The van der Waals surface area contributed by atoms with E-state index in [1.165, 1.54) is 19.4 Å². The number of rotatable bonds is 3. The van der Waals surface area contributed by atoms with Gasteiger partial charge in [0.25, 0.3) is 0 Å². The summed E-state index contributed by atoms with van der Waals surface area (Å²) in [5.74, 6) is 7.37. The van der Waals surface area contributed by atoms with E-state index in [1.54, 1.807) is 0 Å². The Morgan fingerprint density at radius 2 is 1.85 bits per heavy atom. The van der Waals surface area contributed by atoms with Gasteiger partial charge in [-0.3, -0.25) is 10.3 Å². The van der Waals surface area contributed by atoms with E-state index in [4.69, 9.17) is 5.84 Å². The Morgan fingerprint density at radius 1 is 1.15 bits per heavy atom. The summed E-state index contributed by atoms with van der Waals surface area (Å²) in [4.78, 5) is 9.38. The van der Waals surface area contributed by atoms with E-state index in [1.807, 2.05) is 30.3 Å². The smallest absolute Gasteiger partial charge is 0.213 e. The summed E-state index contributed by atoms with van der Waals surface area (Å²) in [6.07, 6.45) is 2.84. The number of aliphatic imine (C=N–C) groups is 1. The minimum absolute atomic E-state index is 0.766. The SMILES string of the molecule is NNC(=Nc1ccccc1)N1CCN(CC2CC2)CC1. The van der Waals surface area contributed by atoms with Crippen molar-refractivity contribution < 1.29 is 0 Å². The van der Waals surface area contributed by atoms with Crippen LogP contribution in [0.4, 0.5) is 5.69 Å². The summed E-state index contributed by atoms with van der Waals surface area (Å²) in [5, 5.41) is 0. The van der Waals surface area contributed by atoms with Crippen molar-refractivity contribution in [3.05, 3.63) is 30.3 Å². The van der Waals surface area contributed by atoms with Crippen LogP contribution < -0.4 is 11.3 Å². The van der Waals surface area contributed by atoms with Crippen LogP contribution in [0.5, 0.6) is 0 Å². The first-order chi connectivity index (χ1) is 9.85. The lowest BCUT2D eigenvalue weighted by Gasteiger charge is -2.36.